The first-order valence-electron chi connectivity index (χ1n) is 8.24. The molecule has 2 fully saturated rings. The fourth-order valence-electron chi connectivity index (χ4n) is 3.38. The van der Waals surface area contributed by atoms with E-state index in [9.17, 15) is 4.79 Å². The smallest absolute Gasteiger partial charge is 0.255 e. The minimum absolute atomic E-state index is 0.140. The van der Waals surface area contributed by atoms with Crippen LogP contribution in [-0.2, 0) is 0 Å². The summed E-state index contributed by atoms with van der Waals surface area (Å²) < 4.78 is 0. The maximum atomic E-state index is 12.4. The molecule has 1 atom stereocenters. The highest BCUT2D eigenvalue weighted by molar-refractivity contribution is 5.94. The van der Waals surface area contributed by atoms with Gasteiger partial charge in [0.2, 0.25) is 0 Å². The van der Waals surface area contributed by atoms with E-state index in [4.69, 9.17) is 0 Å². The van der Waals surface area contributed by atoms with Crippen LogP contribution in [0.5, 0.6) is 0 Å². The summed E-state index contributed by atoms with van der Waals surface area (Å²) in [5.41, 5.74) is 0.728. The molecule has 21 heavy (non-hydrogen) atoms. The van der Waals surface area contributed by atoms with Crippen molar-refractivity contribution in [3.8, 4) is 0 Å². The summed E-state index contributed by atoms with van der Waals surface area (Å²) in [5, 5.41) is 0. The lowest BCUT2D eigenvalue weighted by molar-refractivity contribution is 0.0724. The van der Waals surface area contributed by atoms with Crippen LogP contribution in [0.3, 0.4) is 0 Å². The van der Waals surface area contributed by atoms with Crippen LogP contribution in [0.4, 0.5) is 5.82 Å². The van der Waals surface area contributed by atoms with Crippen molar-refractivity contribution in [1.82, 2.24) is 9.88 Å². The van der Waals surface area contributed by atoms with Gasteiger partial charge in [-0.05, 0) is 50.2 Å². The first kappa shape index (κ1) is 14.4. The molecule has 3 rings (SSSR count). The van der Waals surface area contributed by atoms with E-state index in [1.165, 1.54) is 19.3 Å². The number of aromatic nitrogens is 1. The van der Waals surface area contributed by atoms with Crippen LogP contribution in [-0.4, -0.2) is 42.0 Å². The zero-order valence-corrected chi connectivity index (χ0v) is 12.9. The fraction of sp³-hybridized carbons (Fsp3) is 0.647. The molecule has 0 spiro atoms. The normalized spacial score (nSPS) is 23.2. The molecule has 4 heteroatoms. The molecule has 1 aromatic heterocycles. The lowest BCUT2D eigenvalue weighted by Gasteiger charge is -2.32. The summed E-state index contributed by atoms with van der Waals surface area (Å²) in [6.07, 6.45) is 7.80. The Bertz CT molecular complexity index is 479. The van der Waals surface area contributed by atoms with Gasteiger partial charge < -0.3 is 9.80 Å². The first-order valence-corrected chi connectivity index (χ1v) is 8.24. The van der Waals surface area contributed by atoms with E-state index in [0.717, 1.165) is 56.3 Å². The Morgan fingerprint density at radius 1 is 1.14 bits per heavy atom. The van der Waals surface area contributed by atoms with E-state index in [2.05, 4.69) is 16.8 Å². The number of nitrogens with zero attached hydrogens (tertiary/aromatic N) is 3. The number of hydrogen-bond acceptors (Lipinski definition) is 3. The number of amides is 1. The number of hydrogen-bond donors (Lipinski definition) is 0. The van der Waals surface area contributed by atoms with Gasteiger partial charge in [0.15, 0.2) is 0 Å². The van der Waals surface area contributed by atoms with Gasteiger partial charge in [-0.3, -0.25) is 4.79 Å². The molecule has 2 aliphatic heterocycles. The second kappa shape index (κ2) is 6.46. The second-order valence-corrected chi connectivity index (χ2v) is 6.45. The second-order valence-electron chi connectivity index (χ2n) is 6.45. The molecule has 1 amide bonds. The standard InChI is InChI=1S/C17H25N3O/c1-14-6-5-11-20(13-14)16-8-7-15(12-18-16)17(21)19-9-3-2-4-10-19/h7-8,12,14H,2-6,9-11,13H2,1H3. The van der Waals surface area contributed by atoms with Crippen LogP contribution in [0, 0.1) is 5.92 Å². The van der Waals surface area contributed by atoms with Crippen molar-refractivity contribution in [2.45, 2.75) is 39.0 Å². The van der Waals surface area contributed by atoms with Gasteiger partial charge in [-0.2, -0.15) is 0 Å². The number of carbonyl (C=O) groups excluding carboxylic acids is 1. The van der Waals surface area contributed by atoms with E-state index in [1.54, 1.807) is 6.20 Å². The van der Waals surface area contributed by atoms with Crippen LogP contribution < -0.4 is 4.90 Å². The SMILES string of the molecule is CC1CCCN(c2ccc(C(=O)N3CCCCC3)cn2)C1. The molecule has 2 saturated heterocycles. The van der Waals surface area contributed by atoms with Gasteiger partial charge in [-0.1, -0.05) is 6.92 Å². The van der Waals surface area contributed by atoms with Crippen molar-refractivity contribution < 1.29 is 4.79 Å². The van der Waals surface area contributed by atoms with Gasteiger partial charge in [-0.25, -0.2) is 4.98 Å². The summed E-state index contributed by atoms with van der Waals surface area (Å²) in [4.78, 5) is 21.2. The Labute approximate surface area is 127 Å². The monoisotopic (exact) mass is 287 g/mol. The lowest BCUT2D eigenvalue weighted by atomic mass is 10.0. The lowest BCUT2D eigenvalue weighted by Crippen LogP contribution is -2.36. The van der Waals surface area contributed by atoms with E-state index in [0.29, 0.717) is 0 Å². The molecule has 1 unspecified atom stereocenters. The number of piperidine rings is 2. The Morgan fingerprint density at radius 3 is 2.62 bits per heavy atom. The Hall–Kier alpha value is -1.58. The van der Waals surface area contributed by atoms with Crippen molar-refractivity contribution in [1.29, 1.82) is 0 Å². The fourth-order valence-corrected chi connectivity index (χ4v) is 3.38. The number of pyridine rings is 1. The van der Waals surface area contributed by atoms with Crippen LogP contribution in [0.1, 0.15) is 49.4 Å². The third-order valence-electron chi connectivity index (χ3n) is 4.62. The molecule has 0 aliphatic carbocycles. The predicted octanol–water partition coefficient (Wildman–Crippen LogP) is 2.94. The van der Waals surface area contributed by atoms with Crippen molar-refractivity contribution in [2.75, 3.05) is 31.1 Å². The third kappa shape index (κ3) is 3.36. The van der Waals surface area contributed by atoms with Crippen LogP contribution >= 0.6 is 0 Å². The molecule has 2 aliphatic rings. The minimum atomic E-state index is 0.140. The number of rotatable bonds is 2. The molecule has 3 heterocycles. The quantitative estimate of drug-likeness (QED) is 0.839. The van der Waals surface area contributed by atoms with Crippen molar-refractivity contribution in [2.24, 2.45) is 5.92 Å². The molecule has 4 nitrogen and oxygen atoms in total. The van der Waals surface area contributed by atoms with Gasteiger partial charge >= 0.3 is 0 Å². The average Bonchev–Trinajstić information content (AvgIpc) is 2.55. The third-order valence-corrected chi connectivity index (χ3v) is 4.62. The summed E-state index contributed by atoms with van der Waals surface area (Å²) >= 11 is 0. The molecule has 0 bridgehead atoms. The molecular formula is C17H25N3O. The van der Waals surface area contributed by atoms with E-state index >= 15 is 0 Å². The van der Waals surface area contributed by atoms with E-state index in [1.807, 2.05) is 17.0 Å². The highest BCUT2D eigenvalue weighted by Gasteiger charge is 2.20. The highest BCUT2D eigenvalue weighted by Crippen LogP contribution is 2.21. The van der Waals surface area contributed by atoms with Gasteiger partial charge in [0.25, 0.3) is 5.91 Å². The van der Waals surface area contributed by atoms with Crippen molar-refractivity contribution >= 4 is 11.7 Å². The van der Waals surface area contributed by atoms with Crippen molar-refractivity contribution in [3.63, 3.8) is 0 Å². The maximum absolute atomic E-state index is 12.4. The Balaban J connectivity index is 1.67. The summed E-state index contributed by atoms with van der Waals surface area (Å²) in [6.45, 7) is 6.23. The van der Waals surface area contributed by atoms with Crippen molar-refractivity contribution in [3.05, 3.63) is 23.9 Å². The van der Waals surface area contributed by atoms with Gasteiger partial charge in [0.1, 0.15) is 5.82 Å². The number of anilines is 1. The van der Waals surface area contributed by atoms with Crippen LogP contribution in [0.2, 0.25) is 0 Å². The largest absolute Gasteiger partial charge is 0.356 e. The highest BCUT2D eigenvalue weighted by atomic mass is 16.2. The molecule has 114 valence electrons. The van der Waals surface area contributed by atoms with Gasteiger partial charge in [-0.15, -0.1) is 0 Å². The van der Waals surface area contributed by atoms with E-state index < -0.39 is 0 Å². The molecule has 0 N–H and O–H groups in total. The number of likely N-dealkylation sites (tertiary alicyclic amines) is 1. The summed E-state index contributed by atoms with van der Waals surface area (Å²) in [7, 11) is 0. The Morgan fingerprint density at radius 2 is 1.95 bits per heavy atom. The molecular weight excluding hydrogens is 262 g/mol. The predicted molar refractivity (Wildman–Crippen MR) is 84.6 cm³/mol. The molecule has 0 saturated carbocycles. The molecule has 0 aromatic carbocycles. The first-order chi connectivity index (χ1) is 10.2. The summed E-state index contributed by atoms with van der Waals surface area (Å²) in [6, 6.07) is 3.95. The maximum Gasteiger partial charge on any atom is 0.255 e. The Kier molecular flexibility index (Phi) is 4.42. The zero-order chi connectivity index (χ0) is 14.7. The topological polar surface area (TPSA) is 36.4 Å². The summed E-state index contributed by atoms with van der Waals surface area (Å²) in [5.74, 6) is 1.88. The van der Waals surface area contributed by atoms with Crippen LogP contribution in [0.15, 0.2) is 18.3 Å². The average molecular weight is 287 g/mol. The molecule has 0 radical (unpaired) electrons. The van der Waals surface area contributed by atoms with Crippen LogP contribution in [0.25, 0.3) is 0 Å². The molecule has 1 aromatic rings. The zero-order valence-electron chi connectivity index (χ0n) is 12.9. The van der Waals surface area contributed by atoms with E-state index in [-0.39, 0.29) is 5.91 Å². The van der Waals surface area contributed by atoms with Gasteiger partial charge in [0, 0.05) is 32.4 Å². The van der Waals surface area contributed by atoms with Gasteiger partial charge in [0.05, 0.1) is 5.56 Å². The number of carbonyl (C=O) groups is 1. The minimum Gasteiger partial charge on any atom is -0.356 e.